The Morgan fingerprint density at radius 1 is 0.895 bits per heavy atom. The standard InChI is InChI=1S/C12H8O4.C2H6O/c13-11(14)9-3-1-7-5-10(12(15)16)4-2-8(7)6-9;1-2-3/h1-6H,(H,13,14)(H,15,16);3H,2H2,1H3. The molecule has 5 nitrogen and oxygen atoms in total. The molecule has 2 aromatic carbocycles. The van der Waals surface area contributed by atoms with Crippen LogP contribution in [0, 0.1) is 0 Å². The van der Waals surface area contributed by atoms with E-state index in [1.807, 2.05) is 0 Å². The van der Waals surface area contributed by atoms with Crippen molar-refractivity contribution in [3.05, 3.63) is 47.5 Å². The molecular formula is C14H14O5. The van der Waals surface area contributed by atoms with E-state index in [9.17, 15) is 9.59 Å². The first kappa shape index (κ1) is 14.7. The van der Waals surface area contributed by atoms with Gasteiger partial charge >= 0.3 is 11.9 Å². The largest absolute Gasteiger partial charge is 0.478 e. The van der Waals surface area contributed by atoms with E-state index in [0.29, 0.717) is 10.8 Å². The number of hydrogen-bond acceptors (Lipinski definition) is 3. The van der Waals surface area contributed by atoms with E-state index in [0.717, 1.165) is 0 Å². The second kappa shape index (κ2) is 6.51. The Morgan fingerprint density at radius 3 is 1.47 bits per heavy atom. The van der Waals surface area contributed by atoms with Crippen LogP contribution in [0.5, 0.6) is 0 Å². The minimum Gasteiger partial charge on any atom is -0.478 e. The third-order valence-electron chi connectivity index (χ3n) is 2.33. The molecule has 0 unspecified atom stereocenters. The number of carboxylic acids is 2. The van der Waals surface area contributed by atoms with Gasteiger partial charge in [0.1, 0.15) is 0 Å². The fourth-order valence-electron chi connectivity index (χ4n) is 1.51. The molecule has 2 rings (SSSR count). The van der Waals surface area contributed by atoms with Gasteiger partial charge in [0.15, 0.2) is 0 Å². The van der Waals surface area contributed by atoms with E-state index in [1.165, 1.54) is 24.3 Å². The van der Waals surface area contributed by atoms with Crippen molar-refractivity contribution >= 4 is 22.7 Å². The van der Waals surface area contributed by atoms with Gasteiger partial charge < -0.3 is 15.3 Å². The van der Waals surface area contributed by atoms with Gasteiger partial charge in [-0.2, -0.15) is 0 Å². The maximum atomic E-state index is 10.7. The van der Waals surface area contributed by atoms with Crippen LogP contribution in [0.3, 0.4) is 0 Å². The highest BCUT2D eigenvalue weighted by atomic mass is 16.4. The summed E-state index contributed by atoms with van der Waals surface area (Å²) in [6.45, 7) is 1.93. The smallest absolute Gasteiger partial charge is 0.335 e. The van der Waals surface area contributed by atoms with Gasteiger partial charge in [0.25, 0.3) is 0 Å². The first-order valence-electron chi connectivity index (χ1n) is 5.60. The summed E-state index contributed by atoms with van der Waals surface area (Å²) in [5, 5.41) is 26.6. The van der Waals surface area contributed by atoms with Gasteiger partial charge in [0.05, 0.1) is 11.1 Å². The van der Waals surface area contributed by atoms with E-state index in [1.54, 1.807) is 19.1 Å². The molecule has 19 heavy (non-hydrogen) atoms. The quantitative estimate of drug-likeness (QED) is 0.771. The molecule has 0 spiro atoms. The second-order valence-corrected chi connectivity index (χ2v) is 3.70. The van der Waals surface area contributed by atoms with E-state index in [4.69, 9.17) is 15.3 Å². The van der Waals surface area contributed by atoms with Crippen molar-refractivity contribution in [1.82, 2.24) is 0 Å². The van der Waals surface area contributed by atoms with Crippen LogP contribution in [-0.2, 0) is 0 Å². The normalized spacial score (nSPS) is 9.58. The van der Waals surface area contributed by atoms with Gasteiger partial charge in [0.2, 0.25) is 0 Å². The highest BCUT2D eigenvalue weighted by Crippen LogP contribution is 2.18. The van der Waals surface area contributed by atoms with Crippen LogP contribution in [0.4, 0.5) is 0 Å². The summed E-state index contributed by atoms with van der Waals surface area (Å²) in [4.78, 5) is 21.5. The molecule has 0 bridgehead atoms. The van der Waals surface area contributed by atoms with Crippen molar-refractivity contribution in [3.63, 3.8) is 0 Å². The molecule has 100 valence electrons. The number of fused-ring (bicyclic) bond motifs is 1. The lowest BCUT2D eigenvalue weighted by atomic mass is 10.0. The zero-order chi connectivity index (χ0) is 14.4. The molecule has 0 atom stereocenters. The highest BCUT2D eigenvalue weighted by molar-refractivity contribution is 5.97. The summed E-state index contributed by atoms with van der Waals surface area (Å²) < 4.78 is 0. The maximum Gasteiger partial charge on any atom is 0.335 e. The zero-order valence-electron chi connectivity index (χ0n) is 10.3. The molecule has 0 fully saturated rings. The molecule has 0 saturated heterocycles. The van der Waals surface area contributed by atoms with Gasteiger partial charge in [-0.15, -0.1) is 0 Å². The fraction of sp³-hybridized carbons (Fsp3) is 0.143. The molecule has 0 aliphatic carbocycles. The molecule has 0 amide bonds. The Hall–Kier alpha value is -2.40. The minimum atomic E-state index is -0.996. The van der Waals surface area contributed by atoms with Crippen molar-refractivity contribution in [3.8, 4) is 0 Å². The first-order chi connectivity index (χ1) is 8.99. The van der Waals surface area contributed by atoms with Gasteiger partial charge in [0, 0.05) is 6.61 Å². The van der Waals surface area contributed by atoms with Crippen molar-refractivity contribution in [1.29, 1.82) is 0 Å². The highest BCUT2D eigenvalue weighted by Gasteiger charge is 2.06. The maximum absolute atomic E-state index is 10.7. The molecule has 0 radical (unpaired) electrons. The second-order valence-electron chi connectivity index (χ2n) is 3.70. The molecule has 2 aromatic rings. The van der Waals surface area contributed by atoms with Crippen molar-refractivity contribution in [2.45, 2.75) is 6.92 Å². The molecule has 0 aromatic heterocycles. The molecule has 0 saturated carbocycles. The Morgan fingerprint density at radius 2 is 1.21 bits per heavy atom. The molecular weight excluding hydrogens is 248 g/mol. The number of aliphatic hydroxyl groups excluding tert-OH is 1. The predicted octanol–water partition coefficient (Wildman–Crippen LogP) is 2.23. The lowest BCUT2D eigenvalue weighted by Gasteiger charge is -2.01. The lowest BCUT2D eigenvalue weighted by molar-refractivity contribution is 0.0686. The Bertz CT molecular complexity index is 551. The van der Waals surface area contributed by atoms with Crippen LogP contribution in [0.2, 0.25) is 0 Å². The third kappa shape index (κ3) is 3.79. The van der Waals surface area contributed by atoms with Gasteiger partial charge in [-0.3, -0.25) is 0 Å². The van der Waals surface area contributed by atoms with Crippen molar-refractivity contribution in [2.24, 2.45) is 0 Å². The van der Waals surface area contributed by atoms with E-state index in [2.05, 4.69) is 0 Å². The third-order valence-corrected chi connectivity index (χ3v) is 2.33. The predicted molar refractivity (Wildman–Crippen MR) is 70.6 cm³/mol. The number of carboxylic acid groups (broad SMARTS) is 2. The van der Waals surface area contributed by atoms with Crippen LogP contribution in [-0.4, -0.2) is 33.9 Å². The zero-order valence-corrected chi connectivity index (χ0v) is 10.3. The van der Waals surface area contributed by atoms with E-state index >= 15 is 0 Å². The van der Waals surface area contributed by atoms with Crippen LogP contribution < -0.4 is 0 Å². The average molecular weight is 262 g/mol. The van der Waals surface area contributed by atoms with E-state index in [-0.39, 0.29) is 17.7 Å². The van der Waals surface area contributed by atoms with Crippen molar-refractivity contribution < 1.29 is 24.9 Å². The monoisotopic (exact) mass is 262 g/mol. The number of aromatic carboxylic acids is 2. The lowest BCUT2D eigenvalue weighted by Crippen LogP contribution is -1.97. The summed E-state index contributed by atoms with van der Waals surface area (Å²) in [5.41, 5.74) is 0.381. The molecule has 0 aliphatic heterocycles. The summed E-state index contributed by atoms with van der Waals surface area (Å²) in [5.74, 6) is -1.99. The van der Waals surface area contributed by atoms with Gasteiger partial charge in [-0.1, -0.05) is 12.1 Å². The summed E-state index contributed by atoms with van der Waals surface area (Å²) in [7, 11) is 0. The number of hydrogen-bond donors (Lipinski definition) is 3. The molecule has 0 aliphatic rings. The average Bonchev–Trinajstić information content (AvgIpc) is 2.38. The molecule has 0 heterocycles. The van der Waals surface area contributed by atoms with Crippen LogP contribution in [0.15, 0.2) is 36.4 Å². The summed E-state index contributed by atoms with van der Waals surface area (Å²) in [6, 6.07) is 9.15. The summed E-state index contributed by atoms with van der Waals surface area (Å²) >= 11 is 0. The van der Waals surface area contributed by atoms with Gasteiger partial charge in [-0.05, 0) is 42.0 Å². The summed E-state index contributed by atoms with van der Waals surface area (Å²) in [6.07, 6.45) is 0. The number of benzene rings is 2. The first-order valence-corrected chi connectivity index (χ1v) is 5.60. The Labute approximate surface area is 109 Å². The van der Waals surface area contributed by atoms with Crippen LogP contribution in [0.1, 0.15) is 27.6 Å². The number of rotatable bonds is 2. The van der Waals surface area contributed by atoms with Crippen molar-refractivity contribution in [2.75, 3.05) is 6.61 Å². The Balaban J connectivity index is 0.000000550. The molecule has 3 N–H and O–H groups in total. The minimum absolute atomic E-state index is 0.190. The topological polar surface area (TPSA) is 94.8 Å². The fourth-order valence-corrected chi connectivity index (χ4v) is 1.51. The van der Waals surface area contributed by atoms with E-state index < -0.39 is 11.9 Å². The van der Waals surface area contributed by atoms with Gasteiger partial charge in [-0.25, -0.2) is 9.59 Å². The Kier molecular flexibility index (Phi) is 5.02. The molecule has 5 heteroatoms. The number of aliphatic hydroxyl groups is 1. The SMILES string of the molecule is CCO.O=C(O)c1ccc2cc(C(=O)O)ccc2c1. The van der Waals surface area contributed by atoms with Crippen LogP contribution >= 0.6 is 0 Å². The van der Waals surface area contributed by atoms with Crippen LogP contribution in [0.25, 0.3) is 10.8 Å². The number of carbonyl (C=O) groups is 2.